The monoisotopic (exact) mass is 673 g/mol. The molecule has 0 fully saturated rings. The van der Waals surface area contributed by atoms with E-state index in [2.05, 4.69) is 19.9 Å². The van der Waals surface area contributed by atoms with Gasteiger partial charge in [0.15, 0.2) is 5.75 Å². The topological polar surface area (TPSA) is 223 Å². The predicted octanol–water partition coefficient (Wildman–Crippen LogP) is 5.07. The van der Waals surface area contributed by atoms with Gasteiger partial charge in [0, 0.05) is 31.9 Å². The minimum absolute atomic E-state index is 0.000860. The van der Waals surface area contributed by atoms with E-state index in [9.17, 15) is 24.6 Å². The van der Waals surface area contributed by atoms with Crippen LogP contribution in [0.5, 0.6) is 47.0 Å². The number of carboxylic acid groups (broad SMARTS) is 1. The molecule has 1 atom stereocenters. The van der Waals surface area contributed by atoms with E-state index in [4.69, 9.17) is 37.5 Å². The van der Waals surface area contributed by atoms with E-state index in [-0.39, 0.29) is 52.1 Å². The van der Waals surface area contributed by atoms with Crippen molar-refractivity contribution in [2.24, 2.45) is 0 Å². The minimum Gasteiger partial charge on any atom is -0.481 e. The summed E-state index contributed by atoms with van der Waals surface area (Å²) in [6.45, 7) is 0. The first-order valence-electron chi connectivity index (χ1n) is 13.2. The number of carboxylic acids is 1. The first kappa shape index (κ1) is 34.3. The van der Waals surface area contributed by atoms with Crippen LogP contribution in [-0.4, -0.2) is 78.6 Å². The maximum atomic E-state index is 14.1. The number of rotatable bonds is 15. The second-order valence-electron chi connectivity index (χ2n) is 8.99. The zero-order chi connectivity index (χ0) is 34.3. The fourth-order valence-electron chi connectivity index (χ4n) is 4.26. The maximum absolute atomic E-state index is 14.1. The van der Waals surface area contributed by atoms with E-state index < -0.39 is 41.5 Å². The molecule has 1 unspecified atom stereocenters. The van der Waals surface area contributed by atoms with Crippen molar-refractivity contribution in [1.29, 1.82) is 0 Å². The number of nitro benzene ring substituents is 1. The van der Waals surface area contributed by atoms with E-state index in [0.29, 0.717) is 0 Å². The molecule has 0 aliphatic rings. The number of nitrogens with zero attached hydrogens (tertiary/aromatic N) is 5. The molecule has 0 saturated carbocycles. The third-order valence-corrected chi connectivity index (χ3v) is 8.68. The Balaban J connectivity index is 2.04. The molecule has 4 aromatic rings. The largest absolute Gasteiger partial charge is 0.481 e. The van der Waals surface area contributed by atoms with Gasteiger partial charge in [0.2, 0.25) is 23.5 Å². The summed E-state index contributed by atoms with van der Waals surface area (Å²) in [5.74, 6) is -2.29. The number of hydrogen-bond acceptors (Lipinski definition) is 16. The van der Waals surface area contributed by atoms with Gasteiger partial charge < -0.3 is 42.6 Å². The van der Waals surface area contributed by atoms with Gasteiger partial charge in [-0.2, -0.15) is 19.9 Å². The highest BCUT2D eigenvalue weighted by Gasteiger charge is 2.41. The number of non-ortho nitro benzene ring substituents is 1. The fourth-order valence-corrected chi connectivity index (χ4v) is 5.91. The van der Waals surface area contributed by atoms with E-state index in [1.807, 2.05) is 0 Å². The van der Waals surface area contributed by atoms with Crippen molar-refractivity contribution in [1.82, 2.24) is 19.9 Å². The highest BCUT2D eigenvalue weighted by molar-refractivity contribution is 7.54. The molecule has 0 amide bonds. The van der Waals surface area contributed by atoms with Gasteiger partial charge >= 0.3 is 25.6 Å². The summed E-state index contributed by atoms with van der Waals surface area (Å²) in [5, 5.41) is 21.9. The van der Waals surface area contributed by atoms with E-state index >= 15 is 0 Å². The van der Waals surface area contributed by atoms with Crippen LogP contribution in [0.25, 0.3) is 0 Å². The normalized spacial score (nSPS) is 11.7. The molecule has 18 nitrogen and oxygen atoms in total. The third-order valence-electron chi connectivity index (χ3n) is 6.45. The van der Waals surface area contributed by atoms with E-state index in [1.165, 1.54) is 77.0 Å². The molecule has 19 heteroatoms. The van der Waals surface area contributed by atoms with Gasteiger partial charge in [0.1, 0.15) is 17.0 Å². The van der Waals surface area contributed by atoms with Crippen LogP contribution in [0.2, 0.25) is 0 Å². The zero-order valence-electron chi connectivity index (χ0n) is 25.7. The van der Waals surface area contributed by atoms with E-state index in [1.54, 1.807) is 0 Å². The van der Waals surface area contributed by atoms with E-state index in [0.717, 1.165) is 14.2 Å². The Labute approximate surface area is 266 Å². The second-order valence-corrected chi connectivity index (χ2v) is 11.3. The molecule has 0 aliphatic heterocycles. The lowest BCUT2D eigenvalue weighted by Crippen LogP contribution is -2.12. The Kier molecular flexibility index (Phi) is 10.7. The quantitative estimate of drug-likeness (QED) is 0.0988. The second kappa shape index (κ2) is 14.7. The number of aromatic carboxylic acids is 1. The number of carbonyl (C=O) groups is 1. The molecule has 2 heterocycles. The highest BCUT2D eigenvalue weighted by Crippen LogP contribution is 2.64. The molecule has 248 valence electrons. The SMILES string of the molecule is COc1cc(OC)nc(Oc2ccc(C(c3ccc([N+](=O)[O-])cc3)P(=O)(OC)OC)c(Oc3nc(OC)cc(OC)n3)c2C(=O)O)n1. The van der Waals surface area contributed by atoms with Gasteiger partial charge in [-0.15, -0.1) is 0 Å². The molecule has 0 aliphatic carbocycles. The van der Waals surface area contributed by atoms with Crippen LogP contribution in [0.3, 0.4) is 0 Å². The Bertz CT molecular complexity index is 1770. The number of aromatic nitrogens is 4. The molecule has 2 aromatic heterocycles. The molecule has 0 saturated heterocycles. The van der Waals surface area contributed by atoms with Gasteiger partial charge in [-0.25, -0.2) is 4.79 Å². The van der Waals surface area contributed by atoms with Crippen molar-refractivity contribution >= 4 is 19.3 Å². The molecule has 47 heavy (non-hydrogen) atoms. The summed E-state index contributed by atoms with van der Waals surface area (Å²) < 4.78 is 57.3. The van der Waals surface area contributed by atoms with Crippen LogP contribution in [0, 0.1) is 10.1 Å². The summed E-state index contributed by atoms with van der Waals surface area (Å²) >= 11 is 0. The summed E-state index contributed by atoms with van der Waals surface area (Å²) in [7, 11) is 3.38. The molecule has 4 rings (SSSR count). The number of methoxy groups -OCH3 is 4. The number of nitro groups is 1. The first-order chi connectivity index (χ1) is 22.5. The molecular weight excluding hydrogens is 645 g/mol. The Hall–Kier alpha value is -5.58. The average Bonchev–Trinajstić information content (AvgIpc) is 3.08. The van der Waals surface area contributed by atoms with Crippen molar-refractivity contribution in [3.8, 4) is 47.0 Å². The predicted molar refractivity (Wildman–Crippen MR) is 160 cm³/mol. The maximum Gasteiger partial charge on any atom is 0.343 e. The smallest absolute Gasteiger partial charge is 0.343 e. The lowest BCUT2D eigenvalue weighted by atomic mass is 9.99. The van der Waals surface area contributed by atoms with Crippen LogP contribution in [0.4, 0.5) is 5.69 Å². The van der Waals surface area contributed by atoms with Gasteiger partial charge in [-0.3, -0.25) is 14.7 Å². The van der Waals surface area contributed by atoms with Gasteiger partial charge in [-0.05, 0) is 11.6 Å². The molecule has 0 bridgehead atoms. The molecule has 1 N–H and O–H groups in total. The average molecular weight is 674 g/mol. The summed E-state index contributed by atoms with van der Waals surface area (Å²) in [5.41, 5.74) is -2.19. The van der Waals surface area contributed by atoms with Crippen LogP contribution < -0.4 is 28.4 Å². The first-order valence-corrected chi connectivity index (χ1v) is 14.8. The Morgan fingerprint density at radius 2 is 1.23 bits per heavy atom. The lowest BCUT2D eigenvalue weighted by Gasteiger charge is -2.27. The van der Waals surface area contributed by atoms with Crippen LogP contribution in [0.15, 0.2) is 48.5 Å². The Morgan fingerprint density at radius 1 is 0.766 bits per heavy atom. The zero-order valence-corrected chi connectivity index (χ0v) is 26.6. The van der Waals surface area contributed by atoms with Crippen LogP contribution in [-0.2, 0) is 13.6 Å². The van der Waals surface area contributed by atoms with Gasteiger partial charge in [-0.1, -0.05) is 18.2 Å². The van der Waals surface area contributed by atoms with Gasteiger partial charge in [0.05, 0.1) is 45.5 Å². The summed E-state index contributed by atoms with van der Waals surface area (Å²) in [6, 6.07) is 9.51. The van der Waals surface area contributed by atoms with Crippen LogP contribution in [0.1, 0.15) is 27.1 Å². The summed E-state index contributed by atoms with van der Waals surface area (Å²) in [6.07, 6.45) is 0. The summed E-state index contributed by atoms with van der Waals surface area (Å²) in [4.78, 5) is 40.1. The minimum atomic E-state index is -4.22. The van der Waals surface area contributed by atoms with Crippen LogP contribution >= 0.6 is 7.60 Å². The van der Waals surface area contributed by atoms with Crippen molar-refractivity contribution in [3.05, 3.63) is 75.3 Å². The van der Waals surface area contributed by atoms with Gasteiger partial charge in [0.25, 0.3) is 5.69 Å². The lowest BCUT2D eigenvalue weighted by molar-refractivity contribution is -0.384. The number of ether oxygens (including phenoxy) is 6. The molecule has 0 radical (unpaired) electrons. The van der Waals surface area contributed by atoms with Crippen molar-refractivity contribution < 1.29 is 56.9 Å². The van der Waals surface area contributed by atoms with Crippen molar-refractivity contribution in [2.75, 3.05) is 42.7 Å². The molecule has 2 aromatic carbocycles. The van der Waals surface area contributed by atoms with Crippen molar-refractivity contribution in [3.63, 3.8) is 0 Å². The standard InChI is InChI=1S/C28H28N5O13P/c1-39-19-13-20(40-2)30-27(29-19)45-18-12-11-17(25(47(38,43-5)44-6)15-7-9-16(10-8-15)33(36)37)24(23(18)26(34)35)46-28-31-21(41-3)14-22(32-28)42-4/h7-14,25H,1-6H3,(H,34,35). The number of benzene rings is 2. The Morgan fingerprint density at radius 3 is 1.64 bits per heavy atom. The molecule has 0 spiro atoms. The fraction of sp³-hybridized carbons (Fsp3) is 0.250. The highest BCUT2D eigenvalue weighted by atomic mass is 31.2. The molecular formula is C28H28N5O13P. The third kappa shape index (κ3) is 7.46. The number of hydrogen-bond donors (Lipinski definition) is 1. The van der Waals surface area contributed by atoms with Crippen molar-refractivity contribution in [2.45, 2.75) is 5.66 Å².